The second-order valence-corrected chi connectivity index (χ2v) is 5.71. The van der Waals surface area contributed by atoms with E-state index < -0.39 is 0 Å². The van der Waals surface area contributed by atoms with Gasteiger partial charge in [-0.1, -0.05) is 30.5 Å². The molecule has 1 saturated heterocycles. The Morgan fingerprint density at radius 2 is 1.68 bits per heavy atom. The van der Waals surface area contributed by atoms with E-state index in [1.54, 1.807) is 5.01 Å². The maximum absolute atomic E-state index is 12.2. The predicted molar refractivity (Wildman–Crippen MR) is 75.8 cm³/mol. The van der Waals surface area contributed by atoms with Gasteiger partial charge in [0.15, 0.2) is 0 Å². The Bertz CT molecular complexity index is 461. The molecule has 19 heavy (non-hydrogen) atoms. The second-order valence-electron chi connectivity index (χ2n) is 5.71. The Hall–Kier alpha value is -1.55. The molecule has 1 aromatic rings. The number of urea groups is 1. The van der Waals surface area contributed by atoms with Crippen molar-refractivity contribution in [3.63, 3.8) is 0 Å². The zero-order valence-corrected chi connectivity index (χ0v) is 11.4. The van der Waals surface area contributed by atoms with Crippen LogP contribution in [0.3, 0.4) is 0 Å². The fraction of sp³-hybridized carbons (Fsp3) is 0.533. The molecule has 102 valence electrons. The van der Waals surface area contributed by atoms with Crippen molar-refractivity contribution in [1.82, 2.24) is 10.7 Å². The van der Waals surface area contributed by atoms with Crippen LogP contribution in [0.1, 0.15) is 44.1 Å². The maximum Gasteiger partial charge on any atom is 0.338 e. The summed E-state index contributed by atoms with van der Waals surface area (Å²) < 4.78 is 0. The summed E-state index contributed by atoms with van der Waals surface area (Å²) in [5.41, 5.74) is 5.29. The summed E-state index contributed by atoms with van der Waals surface area (Å²) in [6.45, 7) is 2.05. The monoisotopic (exact) mass is 259 g/mol. The lowest BCUT2D eigenvalue weighted by Gasteiger charge is -2.28. The highest BCUT2D eigenvalue weighted by atomic mass is 16.2. The van der Waals surface area contributed by atoms with Crippen molar-refractivity contribution in [1.29, 1.82) is 0 Å². The number of anilines is 1. The van der Waals surface area contributed by atoms with Gasteiger partial charge in [0, 0.05) is 0 Å². The molecule has 2 aliphatic rings. The summed E-state index contributed by atoms with van der Waals surface area (Å²) in [6, 6.07) is 7.99. The fourth-order valence-corrected chi connectivity index (χ4v) is 3.00. The van der Waals surface area contributed by atoms with Gasteiger partial charge in [-0.2, -0.15) is 0 Å². The number of carbonyl (C=O) groups is 1. The maximum atomic E-state index is 12.2. The van der Waals surface area contributed by atoms with E-state index in [4.69, 9.17) is 0 Å². The predicted octanol–water partition coefficient (Wildman–Crippen LogP) is 3.08. The van der Waals surface area contributed by atoms with Crippen LogP contribution in [0, 0.1) is 6.92 Å². The van der Waals surface area contributed by atoms with Crippen molar-refractivity contribution < 1.29 is 4.79 Å². The number of benzene rings is 1. The first-order valence-electron chi connectivity index (χ1n) is 7.15. The molecule has 0 unspecified atom stereocenters. The quantitative estimate of drug-likeness (QED) is 0.814. The number of hydrazine groups is 1. The van der Waals surface area contributed by atoms with Crippen LogP contribution in [0.5, 0.6) is 0 Å². The van der Waals surface area contributed by atoms with Gasteiger partial charge >= 0.3 is 6.03 Å². The largest absolute Gasteiger partial charge is 0.338 e. The summed E-state index contributed by atoms with van der Waals surface area (Å²) in [7, 11) is 0. The molecular weight excluding hydrogens is 238 g/mol. The number of rotatable bonds is 1. The molecule has 3 rings (SSSR count). The Balaban J connectivity index is 1.81. The van der Waals surface area contributed by atoms with E-state index in [1.807, 2.05) is 31.2 Å². The van der Waals surface area contributed by atoms with Crippen molar-refractivity contribution in [3.05, 3.63) is 29.8 Å². The van der Waals surface area contributed by atoms with Crippen LogP contribution in [0.15, 0.2) is 24.3 Å². The molecule has 1 saturated carbocycles. The SMILES string of the molecule is Cc1ccc(N2NC3(CCCCCC3)NC2=O)cc1. The van der Waals surface area contributed by atoms with E-state index in [2.05, 4.69) is 10.7 Å². The van der Waals surface area contributed by atoms with Gasteiger partial charge in [-0.25, -0.2) is 15.2 Å². The highest BCUT2D eigenvalue weighted by Crippen LogP contribution is 2.30. The molecule has 2 amide bonds. The van der Waals surface area contributed by atoms with E-state index in [9.17, 15) is 4.79 Å². The number of amides is 2. The smallest absolute Gasteiger partial charge is 0.317 e. The van der Waals surface area contributed by atoms with Gasteiger partial charge in [0.2, 0.25) is 0 Å². The van der Waals surface area contributed by atoms with E-state index in [0.717, 1.165) is 18.5 Å². The number of nitrogens with one attached hydrogen (secondary N) is 2. The van der Waals surface area contributed by atoms with Crippen molar-refractivity contribution in [2.75, 3.05) is 5.01 Å². The minimum absolute atomic E-state index is 0.0363. The number of nitrogens with zero attached hydrogens (tertiary/aromatic N) is 1. The van der Waals surface area contributed by atoms with Crippen molar-refractivity contribution in [2.45, 2.75) is 51.1 Å². The van der Waals surface area contributed by atoms with Gasteiger partial charge in [0.25, 0.3) is 0 Å². The third kappa shape index (κ3) is 2.45. The average Bonchev–Trinajstić information content (AvgIpc) is 2.58. The summed E-state index contributed by atoms with van der Waals surface area (Å²) >= 11 is 0. The lowest BCUT2D eigenvalue weighted by molar-refractivity contribution is 0.241. The molecule has 4 heteroatoms. The van der Waals surface area contributed by atoms with Gasteiger partial charge in [0.05, 0.1) is 5.69 Å². The number of carbonyl (C=O) groups excluding carboxylic acids is 1. The number of aryl methyl sites for hydroxylation is 1. The highest BCUT2D eigenvalue weighted by molar-refractivity contribution is 5.93. The Labute approximate surface area is 114 Å². The van der Waals surface area contributed by atoms with Crippen LogP contribution in [0.2, 0.25) is 0 Å². The Morgan fingerprint density at radius 3 is 2.32 bits per heavy atom. The molecule has 0 atom stereocenters. The normalized spacial score (nSPS) is 22.4. The first-order chi connectivity index (χ1) is 9.19. The first kappa shape index (κ1) is 12.5. The van der Waals surface area contributed by atoms with Crippen LogP contribution < -0.4 is 15.8 Å². The Morgan fingerprint density at radius 1 is 1.05 bits per heavy atom. The minimum Gasteiger partial charge on any atom is -0.317 e. The van der Waals surface area contributed by atoms with Gasteiger partial charge in [-0.05, 0) is 44.7 Å². The molecule has 0 aromatic heterocycles. The highest BCUT2D eigenvalue weighted by Gasteiger charge is 2.42. The molecule has 2 fully saturated rings. The molecule has 0 radical (unpaired) electrons. The number of hydrogen-bond acceptors (Lipinski definition) is 2. The third-order valence-corrected chi connectivity index (χ3v) is 4.12. The third-order valence-electron chi connectivity index (χ3n) is 4.12. The second kappa shape index (κ2) is 4.85. The number of hydrogen-bond donors (Lipinski definition) is 2. The lowest BCUT2D eigenvalue weighted by atomic mass is 10.0. The summed E-state index contributed by atoms with van der Waals surface area (Å²) in [5.74, 6) is 0. The van der Waals surface area contributed by atoms with E-state index >= 15 is 0 Å². The van der Waals surface area contributed by atoms with E-state index in [-0.39, 0.29) is 11.7 Å². The molecule has 1 aliphatic heterocycles. The topological polar surface area (TPSA) is 44.4 Å². The molecule has 1 aromatic carbocycles. The van der Waals surface area contributed by atoms with Gasteiger partial charge in [0.1, 0.15) is 5.66 Å². The standard InChI is InChI=1S/C15H21N3O/c1-12-6-8-13(9-7-12)18-14(19)16-15(17-18)10-4-2-3-5-11-15/h6-9,17H,2-5,10-11H2,1H3,(H,16,19). The molecule has 2 N–H and O–H groups in total. The minimum atomic E-state index is -0.224. The van der Waals surface area contributed by atoms with Crippen LogP contribution >= 0.6 is 0 Å². The zero-order chi connectivity index (χ0) is 13.3. The molecule has 1 spiro atoms. The van der Waals surface area contributed by atoms with Crippen LogP contribution in [-0.4, -0.2) is 11.7 Å². The first-order valence-corrected chi connectivity index (χ1v) is 7.15. The van der Waals surface area contributed by atoms with E-state index in [0.29, 0.717) is 0 Å². The molecule has 1 heterocycles. The zero-order valence-electron chi connectivity index (χ0n) is 11.4. The van der Waals surface area contributed by atoms with Gasteiger partial charge in [-0.3, -0.25) is 0 Å². The summed E-state index contributed by atoms with van der Waals surface area (Å²) in [4.78, 5) is 12.2. The summed E-state index contributed by atoms with van der Waals surface area (Å²) in [6.07, 6.45) is 6.92. The van der Waals surface area contributed by atoms with E-state index in [1.165, 1.54) is 31.2 Å². The van der Waals surface area contributed by atoms with Crippen molar-refractivity contribution in [3.8, 4) is 0 Å². The van der Waals surface area contributed by atoms with Crippen molar-refractivity contribution in [2.24, 2.45) is 0 Å². The molecular formula is C15H21N3O. The van der Waals surface area contributed by atoms with Crippen LogP contribution in [0.4, 0.5) is 10.5 Å². The molecule has 1 aliphatic carbocycles. The lowest BCUT2D eigenvalue weighted by Crippen LogP contribution is -2.50. The summed E-state index contributed by atoms with van der Waals surface area (Å²) in [5, 5.41) is 4.81. The average molecular weight is 259 g/mol. The van der Waals surface area contributed by atoms with Crippen LogP contribution in [0.25, 0.3) is 0 Å². The fourth-order valence-electron chi connectivity index (χ4n) is 3.00. The van der Waals surface area contributed by atoms with Gasteiger partial charge in [-0.15, -0.1) is 0 Å². The molecule has 4 nitrogen and oxygen atoms in total. The van der Waals surface area contributed by atoms with Crippen molar-refractivity contribution >= 4 is 11.7 Å². The van der Waals surface area contributed by atoms with Gasteiger partial charge < -0.3 is 5.32 Å². The Kier molecular flexibility index (Phi) is 3.19. The molecule has 0 bridgehead atoms. The van der Waals surface area contributed by atoms with Crippen LogP contribution in [-0.2, 0) is 0 Å².